The Balaban J connectivity index is 2.10. The monoisotopic (exact) mass is 274 g/mol. The molecule has 0 heterocycles. The van der Waals surface area contributed by atoms with Gasteiger partial charge in [-0.25, -0.2) is 0 Å². The van der Waals surface area contributed by atoms with Gasteiger partial charge in [0.2, 0.25) is 5.91 Å². The summed E-state index contributed by atoms with van der Waals surface area (Å²) in [5.41, 5.74) is 1.11. The van der Waals surface area contributed by atoms with Gasteiger partial charge in [0.15, 0.2) is 11.5 Å². The smallest absolute Gasteiger partial charge is 0.234 e. The summed E-state index contributed by atoms with van der Waals surface area (Å²) >= 11 is 0. The summed E-state index contributed by atoms with van der Waals surface area (Å²) in [5, 5.41) is 11.3. The molecule has 1 aromatic rings. The molecule has 20 heavy (non-hydrogen) atoms. The highest BCUT2D eigenvalue weighted by molar-refractivity contribution is 5.78. The van der Waals surface area contributed by atoms with Gasteiger partial charge < -0.3 is 14.8 Å². The van der Waals surface area contributed by atoms with E-state index in [1.165, 1.54) is 0 Å². The van der Waals surface area contributed by atoms with Crippen LogP contribution in [0.25, 0.3) is 0 Å². The second kappa shape index (κ2) is 5.83. The third-order valence-electron chi connectivity index (χ3n) is 3.71. The fourth-order valence-corrected chi connectivity index (χ4v) is 2.29. The standard InChI is InChI=1S/C15H18N2O3/c1-19-12-4-3-11(9-13(12)20-2)15(6-7-15)10-17-14(18)5-8-16/h3-4,9H,5-7,10H2,1-2H3,(H,17,18). The molecule has 5 heteroatoms. The zero-order valence-electron chi connectivity index (χ0n) is 11.7. The van der Waals surface area contributed by atoms with Crippen molar-refractivity contribution in [2.45, 2.75) is 24.7 Å². The number of hydrogen-bond donors (Lipinski definition) is 1. The Morgan fingerprint density at radius 1 is 1.35 bits per heavy atom. The molecule has 0 bridgehead atoms. The first-order valence-electron chi connectivity index (χ1n) is 6.51. The van der Waals surface area contributed by atoms with E-state index < -0.39 is 0 Å². The lowest BCUT2D eigenvalue weighted by atomic mass is 9.95. The SMILES string of the molecule is COc1ccc(C2(CNC(=O)CC#N)CC2)cc1OC. The first-order chi connectivity index (χ1) is 9.65. The molecule has 1 saturated carbocycles. The summed E-state index contributed by atoms with van der Waals surface area (Å²) in [6.45, 7) is 0.559. The molecule has 1 aromatic carbocycles. The van der Waals surface area contributed by atoms with Crippen molar-refractivity contribution in [3.8, 4) is 17.6 Å². The molecular weight excluding hydrogens is 256 g/mol. The maximum Gasteiger partial charge on any atom is 0.234 e. The predicted octanol–water partition coefficient (Wildman–Crippen LogP) is 1.77. The Morgan fingerprint density at radius 2 is 2.05 bits per heavy atom. The number of ether oxygens (including phenoxy) is 2. The molecule has 1 fully saturated rings. The highest BCUT2D eigenvalue weighted by Crippen LogP contribution is 2.49. The summed E-state index contributed by atoms with van der Waals surface area (Å²) in [4.78, 5) is 11.4. The van der Waals surface area contributed by atoms with Gasteiger partial charge in [0.25, 0.3) is 0 Å². The molecule has 0 unspecified atom stereocenters. The van der Waals surface area contributed by atoms with Crippen LogP contribution in [0.1, 0.15) is 24.8 Å². The van der Waals surface area contributed by atoms with Crippen molar-refractivity contribution in [3.63, 3.8) is 0 Å². The zero-order valence-corrected chi connectivity index (χ0v) is 11.7. The van der Waals surface area contributed by atoms with E-state index in [1.54, 1.807) is 14.2 Å². The number of rotatable bonds is 6. The fourth-order valence-electron chi connectivity index (χ4n) is 2.29. The van der Waals surface area contributed by atoms with E-state index in [1.807, 2.05) is 24.3 Å². The molecule has 5 nitrogen and oxygen atoms in total. The summed E-state index contributed by atoms with van der Waals surface area (Å²) < 4.78 is 10.5. The minimum Gasteiger partial charge on any atom is -0.493 e. The zero-order chi connectivity index (χ0) is 14.6. The minimum absolute atomic E-state index is 0.0231. The van der Waals surface area contributed by atoms with E-state index in [9.17, 15) is 4.79 Å². The van der Waals surface area contributed by atoms with Crippen molar-refractivity contribution in [3.05, 3.63) is 23.8 Å². The van der Waals surface area contributed by atoms with Gasteiger partial charge >= 0.3 is 0 Å². The van der Waals surface area contributed by atoms with Crippen molar-refractivity contribution in [1.29, 1.82) is 5.26 Å². The summed E-state index contributed by atoms with van der Waals surface area (Å²) in [6, 6.07) is 7.69. The molecule has 0 aliphatic heterocycles. The second-order valence-corrected chi connectivity index (χ2v) is 4.96. The largest absolute Gasteiger partial charge is 0.493 e. The van der Waals surface area contributed by atoms with E-state index in [0.717, 1.165) is 18.4 Å². The van der Waals surface area contributed by atoms with Crippen LogP contribution >= 0.6 is 0 Å². The van der Waals surface area contributed by atoms with Gasteiger partial charge in [-0.3, -0.25) is 4.79 Å². The third-order valence-corrected chi connectivity index (χ3v) is 3.71. The number of carbonyl (C=O) groups is 1. The molecule has 0 spiro atoms. The molecule has 0 radical (unpaired) electrons. The number of carbonyl (C=O) groups excluding carboxylic acids is 1. The molecule has 1 aliphatic carbocycles. The van der Waals surface area contributed by atoms with Gasteiger partial charge in [0.05, 0.1) is 20.3 Å². The van der Waals surface area contributed by atoms with Crippen LogP contribution in [-0.4, -0.2) is 26.7 Å². The fraction of sp³-hybridized carbons (Fsp3) is 0.467. The number of hydrogen-bond acceptors (Lipinski definition) is 4. The Kier molecular flexibility index (Phi) is 4.14. The molecule has 1 amide bonds. The average Bonchev–Trinajstić information content (AvgIpc) is 3.26. The second-order valence-electron chi connectivity index (χ2n) is 4.96. The quantitative estimate of drug-likeness (QED) is 0.858. The van der Waals surface area contributed by atoms with E-state index >= 15 is 0 Å². The molecule has 106 valence electrons. The lowest BCUT2D eigenvalue weighted by Gasteiger charge is -2.18. The number of methoxy groups -OCH3 is 2. The minimum atomic E-state index is -0.223. The first kappa shape index (κ1) is 14.2. The van der Waals surface area contributed by atoms with E-state index in [-0.39, 0.29) is 17.7 Å². The Bertz CT molecular complexity index is 545. The van der Waals surface area contributed by atoms with Gasteiger partial charge in [0.1, 0.15) is 6.42 Å². The third kappa shape index (κ3) is 2.85. The Labute approximate surface area is 118 Å². The lowest BCUT2D eigenvalue weighted by molar-refractivity contribution is -0.120. The van der Waals surface area contributed by atoms with Gasteiger partial charge in [0, 0.05) is 12.0 Å². The number of nitriles is 1. The van der Waals surface area contributed by atoms with Crippen molar-refractivity contribution in [2.24, 2.45) is 0 Å². The Hall–Kier alpha value is -2.22. The summed E-state index contributed by atoms with van der Waals surface area (Å²) in [5.74, 6) is 1.17. The van der Waals surface area contributed by atoms with Gasteiger partial charge in [-0.15, -0.1) is 0 Å². The van der Waals surface area contributed by atoms with Crippen LogP contribution in [0.3, 0.4) is 0 Å². The van der Waals surface area contributed by atoms with E-state index in [2.05, 4.69) is 5.32 Å². The van der Waals surface area contributed by atoms with Crippen LogP contribution in [0, 0.1) is 11.3 Å². The van der Waals surface area contributed by atoms with Crippen LogP contribution in [0.4, 0.5) is 0 Å². The van der Waals surface area contributed by atoms with E-state index in [4.69, 9.17) is 14.7 Å². The normalized spacial score (nSPS) is 15.1. The molecule has 1 N–H and O–H groups in total. The summed E-state index contributed by atoms with van der Waals surface area (Å²) in [6.07, 6.45) is 1.95. The van der Waals surface area contributed by atoms with Crippen molar-refractivity contribution < 1.29 is 14.3 Å². The van der Waals surface area contributed by atoms with Gasteiger partial charge in [-0.2, -0.15) is 5.26 Å². The van der Waals surface area contributed by atoms with Gasteiger partial charge in [-0.1, -0.05) is 6.07 Å². The summed E-state index contributed by atoms with van der Waals surface area (Å²) in [7, 11) is 3.21. The molecular formula is C15H18N2O3. The topological polar surface area (TPSA) is 71.3 Å². The number of nitrogens with one attached hydrogen (secondary N) is 1. The number of nitrogens with zero attached hydrogens (tertiary/aromatic N) is 1. The highest BCUT2D eigenvalue weighted by atomic mass is 16.5. The molecule has 0 saturated heterocycles. The highest BCUT2D eigenvalue weighted by Gasteiger charge is 2.44. The van der Waals surface area contributed by atoms with Gasteiger partial charge in [-0.05, 0) is 30.5 Å². The molecule has 2 rings (SSSR count). The van der Waals surface area contributed by atoms with Crippen LogP contribution in [-0.2, 0) is 10.2 Å². The van der Waals surface area contributed by atoms with E-state index in [0.29, 0.717) is 18.0 Å². The average molecular weight is 274 g/mol. The van der Waals surface area contributed by atoms with Crippen LogP contribution < -0.4 is 14.8 Å². The number of amides is 1. The van der Waals surface area contributed by atoms with Crippen LogP contribution in [0.5, 0.6) is 11.5 Å². The van der Waals surface area contributed by atoms with Crippen molar-refractivity contribution in [2.75, 3.05) is 20.8 Å². The van der Waals surface area contributed by atoms with Crippen LogP contribution in [0.15, 0.2) is 18.2 Å². The van der Waals surface area contributed by atoms with Crippen LogP contribution in [0.2, 0.25) is 0 Å². The van der Waals surface area contributed by atoms with Crippen molar-refractivity contribution in [1.82, 2.24) is 5.32 Å². The number of benzene rings is 1. The molecule has 1 aliphatic rings. The molecule has 0 aromatic heterocycles. The Morgan fingerprint density at radius 3 is 2.60 bits per heavy atom. The lowest BCUT2D eigenvalue weighted by Crippen LogP contribution is -2.31. The maximum atomic E-state index is 11.4. The molecule has 0 atom stereocenters. The first-order valence-corrected chi connectivity index (χ1v) is 6.51. The predicted molar refractivity (Wildman–Crippen MR) is 73.7 cm³/mol. The van der Waals surface area contributed by atoms with Crippen molar-refractivity contribution >= 4 is 5.91 Å². The maximum absolute atomic E-state index is 11.4.